The summed E-state index contributed by atoms with van der Waals surface area (Å²) >= 11 is 5.62. The molecule has 0 saturated carbocycles. The van der Waals surface area contributed by atoms with Crippen molar-refractivity contribution in [1.82, 2.24) is 0 Å². The van der Waals surface area contributed by atoms with Gasteiger partial charge in [-0.2, -0.15) is 0 Å². The highest BCUT2D eigenvalue weighted by atomic mass is 127. The third-order valence-corrected chi connectivity index (χ3v) is 2.40. The molecule has 0 heterocycles. The highest BCUT2D eigenvalue weighted by Gasteiger charge is 1.93. The normalized spacial score (nSPS) is 9.80. The zero-order valence-electron chi connectivity index (χ0n) is 5.27. The maximum atomic E-state index is 5.61. The van der Waals surface area contributed by atoms with Gasteiger partial charge in [0.1, 0.15) is 0 Å². The van der Waals surface area contributed by atoms with E-state index in [1.807, 2.05) is 12.1 Å². The van der Waals surface area contributed by atoms with E-state index in [2.05, 4.69) is 44.6 Å². The molecule has 0 bridgehead atoms. The van der Waals surface area contributed by atoms with Crippen molar-refractivity contribution in [2.24, 2.45) is 0 Å². The van der Waals surface area contributed by atoms with Crippen molar-refractivity contribution >= 4 is 44.2 Å². The van der Waals surface area contributed by atoms with Crippen molar-refractivity contribution in [1.29, 1.82) is 0 Å². The molecule has 0 aromatic heterocycles. The fraction of sp³-hybridized carbons (Fsp3) is 0.143. The lowest BCUT2D eigenvalue weighted by molar-refractivity contribution is 1.42. The smallest absolute Gasteiger partial charge is 0.0327 e. The topological polar surface area (TPSA) is 26.0 Å². The third-order valence-electron chi connectivity index (χ3n) is 1.13. The van der Waals surface area contributed by atoms with Gasteiger partial charge in [0.2, 0.25) is 0 Å². The fourth-order valence-electron chi connectivity index (χ4n) is 0.753. The number of anilines is 1. The van der Waals surface area contributed by atoms with Gasteiger partial charge >= 0.3 is 0 Å². The summed E-state index contributed by atoms with van der Waals surface area (Å²) in [5, 5.41) is 0.869. The van der Waals surface area contributed by atoms with E-state index in [4.69, 9.17) is 5.73 Å². The van der Waals surface area contributed by atoms with Crippen LogP contribution < -0.4 is 5.73 Å². The van der Waals surface area contributed by atoms with Crippen LogP contribution in [0.1, 0.15) is 5.56 Å². The standard InChI is InChI=1S/C7H7BrIN/c8-4-5-1-6(9)3-7(10)2-5/h1-3H,4,10H2. The van der Waals surface area contributed by atoms with Crippen LogP contribution in [-0.4, -0.2) is 0 Å². The summed E-state index contributed by atoms with van der Waals surface area (Å²) in [7, 11) is 0. The molecule has 1 nitrogen and oxygen atoms in total. The Morgan fingerprint density at radius 1 is 1.40 bits per heavy atom. The van der Waals surface area contributed by atoms with Gasteiger partial charge in [0.05, 0.1) is 0 Å². The Labute approximate surface area is 82.3 Å². The van der Waals surface area contributed by atoms with Crippen LogP contribution in [0.4, 0.5) is 5.69 Å². The number of alkyl halides is 1. The van der Waals surface area contributed by atoms with Crippen molar-refractivity contribution in [2.45, 2.75) is 5.33 Å². The van der Waals surface area contributed by atoms with Crippen LogP contribution in [0.5, 0.6) is 0 Å². The largest absolute Gasteiger partial charge is 0.399 e. The van der Waals surface area contributed by atoms with Gasteiger partial charge in [0.15, 0.2) is 0 Å². The minimum absolute atomic E-state index is 0.835. The van der Waals surface area contributed by atoms with Gasteiger partial charge < -0.3 is 5.73 Å². The van der Waals surface area contributed by atoms with Crippen molar-refractivity contribution in [3.8, 4) is 0 Å². The molecule has 10 heavy (non-hydrogen) atoms. The summed E-state index contributed by atoms with van der Waals surface area (Å²) in [4.78, 5) is 0. The zero-order chi connectivity index (χ0) is 7.56. The van der Waals surface area contributed by atoms with E-state index in [9.17, 15) is 0 Å². The van der Waals surface area contributed by atoms with Crippen LogP contribution >= 0.6 is 38.5 Å². The van der Waals surface area contributed by atoms with Gasteiger partial charge in [-0.25, -0.2) is 0 Å². The average Bonchev–Trinajstić information content (AvgIpc) is 1.85. The van der Waals surface area contributed by atoms with Crippen LogP contribution in [0, 0.1) is 3.57 Å². The van der Waals surface area contributed by atoms with E-state index >= 15 is 0 Å². The molecule has 0 aliphatic rings. The average molecular weight is 312 g/mol. The number of benzene rings is 1. The van der Waals surface area contributed by atoms with Gasteiger partial charge in [-0.3, -0.25) is 0 Å². The van der Waals surface area contributed by atoms with Crippen LogP contribution in [0.15, 0.2) is 18.2 Å². The maximum Gasteiger partial charge on any atom is 0.0327 e. The lowest BCUT2D eigenvalue weighted by Gasteiger charge is -1.98. The Morgan fingerprint density at radius 2 is 2.10 bits per heavy atom. The molecule has 0 spiro atoms. The van der Waals surface area contributed by atoms with Crippen molar-refractivity contribution in [3.63, 3.8) is 0 Å². The third kappa shape index (κ3) is 2.12. The second-order valence-corrected chi connectivity index (χ2v) is 3.83. The summed E-state index contributed by atoms with van der Waals surface area (Å²) in [6.45, 7) is 0. The van der Waals surface area contributed by atoms with E-state index in [0.717, 1.165) is 11.0 Å². The lowest BCUT2D eigenvalue weighted by Crippen LogP contribution is -1.87. The first kappa shape index (κ1) is 8.33. The monoisotopic (exact) mass is 311 g/mol. The van der Waals surface area contributed by atoms with E-state index in [1.165, 1.54) is 9.13 Å². The van der Waals surface area contributed by atoms with Crippen molar-refractivity contribution in [2.75, 3.05) is 5.73 Å². The number of hydrogen-bond donors (Lipinski definition) is 1. The van der Waals surface area contributed by atoms with E-state index < -0.39 is 0 Å². The summed E-state index contributed by atoms with van der Waals surface area (Å²) in [5.74, 6) is 0. The second kappa shape index (κ2) is 3.57. The lowest BCUT2D eigenvalue weighted by atomic mass is 10.2. The van der Waals surface area contributed by atoms with Crippen LogP contribution in [0.2, 0.25) is 0 Å². The van der Waals surface area contributed by atoms with E-state index in [1.54, 1.807) is 0 Å². The molecule has 2 N–H and O–H groups in total. The number of rotatable bonds is 1. The first-order chi connectivity index (χ1) is 4.72. The molecule has 1 aromatic rings. The molecule has 54 valence electrons. The number of halogens is 2. The molecule has 0 atom stereocenters. The molecule has 0 unspecified atom stereocenters. The Hall–Kier alpha value is 0.230. The van der Waals surface area contributed by atoms with Gasteiger partial charge in [-0.05, 0) is 46.4 Å². The number of hydrogen-bond acceptors (Lipinski definition) is 1. The van der Waals surface area contributed by atoms with Crippen molar-refractivity contribution < 1.29 is 0 Å². The molecule has 0 aliphatic heterocycles. The Kier molecular flexibility index (Phi) is 2.97. The van der Waals surface area contributed by atoms with Crippen molar-refractivity contribution in [3.05, 3.63) is 27.3 Å². The number of nitrogen functional groups attached to an aromatic ring is 1. The summed E-state index contributed by atoms with van der Waals surface area (Å²) in [5.41, 5.74) is 7.67. The molecule has 3 heteroatoms. The molecular formula is C7H7BrIN. The number of nitrogens with two attached hydrogens (primary N) is 1. The molecular weight excluding hydrogens is 305 g/mol. The van der Waals surface area contributed by atoms with Gasteiger partial charge in [0.25, 0.3) is 0 Å². The molecule has 1 aromatic carbocycles. The van der Waals surface area contributed by atoms with Gasteiger partial charge in [0, 0.05) is 14.6 Å². The predicted molar refractivity (Wildman–Crippen MR) is 56.2 cm³/mol. The molecule has 1 rings (SSSR count). The van der Waals surface area contributed by atoms with E-state index in [0.29, 0.717) is 0 Å². The Morgan fingerprint density at radius 3 is 2.60 bits per heavy atom. The molecule has 0 fully saturated rings. The van der Waals surface area contributed by atoms with Crippen LogP contribution in [0.3, 0.4) is 0 Å². The predicted octanol–water partition coefficient (Wildman–Crippen LogP) is 2.77. The SMILES string of the molecule is Nc1cc(I)cc(CBr)c1. The molecule has 0 radical (unpaired) electrons. The minimum Gasteiger partial charge on any atom is -0.399 e. The summed E-state index contributed by atoms with van der Waals surface area (Å²) in [6.07, 6.45) is 0. The molecule has 0 amide bonds. The summed E-state index contributed by atoms with van der Waals surface area (Å²) in [6, 6.07) is 6.02. The quantitative estimate of drug-likeness (QED) is 0.482. The van der Waals surface area contributed by atoms with Crippen LogP contribution in [-0.2, 0) is 5.33 Å². The highest BCUT2D eigenvalue weighted by molar-refractivity contribution is 14.1. The fourth-order valence-corrected chi connectivity index (χ4v) is 1.84. The van der Waals surface area contributed by atoms with Gasteiger partial charge in [-0.15, -0.1) is 0 Å². The second-order valence-electron chi connectivity index (χ2n) is 2.03. The Balaban J connectivity index is 3.06. The highest BCUT2D eigenvalue weighted by Crippen LogP contribution is 2.15. The molecule has 0 saturated heterocycles. The molecule has 0 aliphatic carbocycles. The van der Waals surface area contributed by atoms with Crippen LogP contribution in [0.25, 0.3) is 0 Å². The Bertz CT molecular complexity index is 217. The zero-order valence-corrected chi connectivity index (χ0v) is 9.02. The first-order valence-corrected chi connectivity index (χ1v) is 5.03. The first-order valence-electron chi connectivity index (χ1n) is 2.83. The minimum atomic E-state index is 0.835. The summed E-state index contributed by atoms with van der Waals surface area (Å²) < 4.78 is 1.19. The van der Waals surface area contributed by atoms with Gasteiger partial charge in [-0.1, -0.05) is 15.9 Å². The maximum absolute atomic E-state index is 5.61. The van der Waals surface area contributed by atoms with E-state index in [-0.39, 0.29) is 0 Å².